The van der Waals surface area contributed by atoms with E-state index in [0.717, 1.165) is 23.4 Å². The largest absolute Gasteiger partial charge is 0.353 e. The quantitative estimate of drug-likeness (QED) is 0.847. The van der Waals surface area contributed by atoms with Gasteiger partial charge in [0, 0.05) is 17.0 Å². The minimum Gasteiger partial charge on any atom is -0.353 e. The highest BCUT2D eigenvalue weighted by molar-refractivity contribution is 6.30. The van der Waals surface area contributed by atoms with Crippen LogP contribution in [0.3, 0.4) is 0 Å². The van der Waals surface area contributed by atoms with Crippen molar-refractivity contribution in [3.05, 3.63) is 70.7 Å². The molecular weight excluding hydrogens is 343 g/mol. The van der Waals surface area contributed by atoms with Crippen LogP contribution in [-0.2, 0) is 15.7 Å². The lowest BCUT2D eigenvalue weighted by molar-refractivity contribution is -0.126. The third kappa shape index (κ3) is 3.75. The molecule has 2 aromatic carbocycles. The van der Waals surface area contributed by atoms with Crippen LogP contribution >= 0.6 is 24.0 Å². The Morgan fingerprint density at radius 2 is 1.88 bits per heavy atom. The Morgan fingerprint density at radius 3 is 2.46 bits per heavy atom. The molecule has 2 aromatic rings. The molecule has 0 aliphatic heterocycles. The Morgan fingerprint density at radius 1 is 1.21 bits per heavy atom. The third-order valence-corrected chi connectivity index (χ3v) is 4.96. The first-order valence-corrected chi connectivity index (χ1v) is 8.21. The molecule has 0 radical (unpaired) electrons. The Labute approximate surface area is 154 Å². The molecule has 5 heteroatoms. The van der Waals surface area contributed by atoms with Crippen molar-refractivity contribution < 1.29 is 4.79 Å². The van der Waals surface area contributed by atoms with Crippen molar-refractivity contribution in [3.63, 3.8) is 0 Å². The van der Waals surface area contributed by atoms with Gasteiger partial charge in [-0.2, -0.15) is 0 Å². The van der Waals surface area contributed by atoms with Crippen molar-refractivity contribution in [2.75, 3.05) is 6.54 Å². The summed E-state index contributed by atoms with van der Waals surface area (Å²) in [5, 5.41) is 3.76. The van der Waals surface area contributed by atoms with Crippen molar-refractivity contribution >= 4 is 29.9 Å². The third-order valence-electron chi connectivity index (χ3n) is 4.72. The van der Waals surface area contributed by atoms with E-state index < -0.39 is 5.54 Å². The van der Waals surface area contributed by atoms with Crippen LogP contribution < -0.4 is 11.1 Å². The molecule has 0 spiro atoms. The molecule has 3 N–H and O–H groups in total. The Hall–Kier alpha value is -1.55. The Kier molecular flexibility index (Phi) is 5.59. The zero-order valence-corrected chi connectivity index (χ0v) is 15.2. The van der Waals surface area contributed by atoms with Crippen LogP contribution in [0.15, 0.2) is 54.6 Å². The zero-order valence-electron chi connectivity index (χ0n) is 13.6. The first-order valence-electron chi connectivity index (χ1n) is 7.83. The van der Waals surface area contributed by atoms with Crippen LogP contribution in [0.5, 0.6) is 0 Å². The van der Waals surface area contributed by atoms with E-state index in [4.69, 9.17) is 17.3 Å². The summed E-state index contributed by atoms with van der Waals surface area (Å²) in [6.07, 6.45) is 2.11. The zero-order chi connectivity index (χ0) is 16.5. The average Bonchev–Trinajstić information content (AvgIpc) is 3.34. The number of rotatable bonds is 5. The van der Waals surface area contributed by atoms with Gasteiger partial charge in [0.05, 0.1) is 0 Å². The number of hydrogen-bond acceptors (Lipinski definition) is 2. The first-order chi connectivity index (χ1) is 10.9. The van der Waals surface area contributed by atoms with Gasteiger partial charge in [-0.15, -0.1) is 12.4 Å². The number of benzene rings is 2. The average molecular weight is 365 g/mol. The number of carbonyl (C=O) groups excluding carboxylic acids is 1. The van der Waals surface area contributed by atoms with E-state index in [1.165, 1.54) is 5.56 Å². The molecule has 3 nitrogen and oxygen atoms in total. The van der Waals surface area contributed by atoms with E-state index >= 15 is 0 Å². The number of nitrogens with two attached hydrogens (primary N) is 1. The number of halogens is 2. The fourth-order valence-corrected chi connectivity index (χ4v) is 3.08. The molecule has 1 amide bonds. The van der Waals surface area contributed by atoms with Gasteiger partial charge in [0.25, 0.3) is 0 Å². The van der Waals surface area contributed by atoms with E-state index in [-0.39, 0.29) is 23.7 Å². The van der Waals surface area contributed by atoms with Crippen molar-refractivity contribution in [1.29, 1.82) is 0 Å². The second kappa shape index (κ2) is 7.14. The molecule has 3 rings (SSSR count). The van der Waals surface area contributed by atoms with Crippen molar-refractivity contribution in [1.82, 2.24) is 5.32 Å². The molecule has 1 saturated carbocycles. The van der Waals surface area contributed by atoms with Gasteiger partial charge in [-0.1, -0.05) is 54.1 Å². The summed E-state index contributed by atoms with van der Waals surface area (Å²) in [5.74, 6) is -0.156. The summed E-state index contributed by atoms with van der Waals surface area (Å²) in [7, 11) is 0. The summed E-state index contributed by atoms with van der Waals surface area (Å²) in [6.45, 7) is 2.34. The smallest absolute Gasteiger partial charge is 0.244 e. The molecule has 1 atom stereocenters. The van der Waals surface area contributed by atoms with Gasteiger partial charge in [-0.05, 0) is 43.0 Å². The molecule has 1 fully saturated rings. The molecular formula is C19H22Cl2N2O. The van der Waals surface area contributed by atoms with Gasteiger partial charge in [0.1, 0.15) is 5.54 Å². The van der Waals surface area contributed by atoms with Crippen LogP contribution in [0.4, 0.5) is 0 Å². The van der Waals surface area contributed by atoms with E-state index in [1.807, 2.05) is 48.5 Å². The van der Waals surface area contributed by atoms with Crippen LogP contribution in [0, 0.1) is 0 Å². The van der Waals surface area contributed by atoms with Crippen LogP contribution in [0.2, 0.25) is 5.02 Å². The number of hydrogen-bond donors (Lipinski definition) is 2. The fraction of sp³-hybridized carbons (Fsp3) is 0.316. The Bertz CT molecular complexity index is 712. The predicted octanol–water partition coefficient (Wildman–Crippen LogP) is 3.78. The van der Waals surface area contributed by atoms with Gasteiger partial charge >= 0.3 is 0 Å². The van der Waals surface area contributed by atoms with E-state index in [1.54, 1.807) is 6.92 Å². The van der Waals surface area contributed by atoms with Gasteiger partial charge in [-0.3, -0.25) is 4.79 Å². The standard InChI is InChI=1S/C19H21ClN2O.ClH/c1-18(21,14-6-3-2-4-7-14)17(23)22-13-19(10-11-19)15-8-5-9-16(20)12-15;/h2-9,12H,10-11,13,21H2,1H3,(H,22,23);1H. The van der Waals surface area contributed by atoms with E-state index in [0.29, 0.717) is 6.54 Å². The highest BCUT2D eigenvalue weighted by Crippen LogP contribution is 2.48. The molecule has 0 heterocycles. The minimum absolute atomic E-state index is 0. The van der Waals surface area contributed by atoms with Gasteiger partial charge in [-0.25, -0.2) is 0 Å². The lowest BCUT2D eigenvalue weighted by atomic mass is 9.91. The van der Waals surface area contributed by atoms with Crippen molar-refractivity contribution in [3.8, 4) is 0 Å². The van der Waals surface area contributed by atoms with Crippen molar-refractivity contribution in [2.45, 2.75) is 30.7 Å². The summed E-state index contributed by atoms with van der Waals surface area (Å²) in [6, 6.07) is 17.3. The van der Waals surface area contributed by atoms with Crippen molar-refractivity contribution in [2.24, 2.45) is 5.73 Å². The molecule has 1 unspecified atom stereocenters. The molecule has 1 aliphatic carbocycles. The molecule has 24 heavy (non-hydrogen) atoms. The van der Waals surface area contributed by atoms with Crippen LogP contribution in [-0.4, -0.2) is 12.5 Å². The summed E-state index contributed by atoms with van der Waals surface area (Å²) in [5.41, 5.74) is 7.23. The molecule has 128 valence electrons. The maximum atomic E-state index is 12.6. The SMILES string of the molecule is CC(N)(C(=O)NCC1(c2cccc(Cl)c2)CC1)c1ccccc1.Cl. The summed E-state index contributed by atoms with van der Waals surface area (Å²) >= 11 is 6.09. The Balaban J connectivity index is 0.00000208. The summed E-state index contributed by atoms with van der Waals surface area (Å²) < 4.78 is 0. The normalized spacial score (nSPS) is 17.3. The maximum absolute atomic E-state index is 12.6. The number of nitrogens with one attached hydrogen (secondary N) is 1. The molecule has 0 aromatic heterocycles. The highest BCUT2D eigenvalue weighted by Gasteiger charge is 2.45. The van der Waals surface area contributed by atoms with Crippen LogP contribution in [0.1, 0.15) is 30.9 Å². The van der Waals surface area contributed by atoms with Crippen LogP contribution in [0.25, 0.3) is 0 Å². The molecule has 0 bridgehead atoms. The number of amides is 1. The van der Waals surface area contributed by atoms with Gasteiger partial charge < -0.3 is 11.1 Å². The molecule has 1 aliphatic rings. The second-order valence-corrected chi connectivity index (χ2v) is 6.98. The fourth-order valence-electron chi connectivity index (χ4n) is 2.89. The monoisotopic (exact) mass is 364 g/mol. The highest BCUT2D eigenvalue weighted by atomic mass is 35.5. The first kappa shape index (κ1) is 18.8. The lowest BCUT2D eigenvalue weighted by Crippen LogP contribution is -2.50. The molecule has 0 saturated heterocycles. The van der Waals surface area contributed by atoms with E-state index in [9.17, 15) is 4.79 Å². The van der Waals surface area contributed by atoms with Gasteiger partial charge in [0.2, 0.25) is 5.91 Å². The maximum Gasteiger partial charge on any atom is 0.244 e. The van der Waals surface area contributed by atoms with Gasteiger partial charge in [0.15, 0.2) is 0 Å². The topological polar surface area (TPSA) is 55.1 Å². The van der Waals surface area contributed by atoms with E-state index in [2.05, 4.69) is 11.4 Å². The number of carbonyl (C=O) groups is 1. The summed E-state index contributed by atoms with van der Waals surface area (Å²) in [4.78, 5) is 12.6. The minimum atomic E-state index is -1.04. The lowest BCUT2D eigenvalue weighted by Gasteiger charge is -2.26. The predicted molar refractivity (Wildman–Crippen MR) is 101 cm³/mol. The second-order valence-electron chi connectivity index (χ2n) is 6.54.